The van der Waals surface area contributed by atoms with Crippen LogP contribution in [0.1, 0.15) is 0 Å². The quantitative estimate of drug-likeness (QED) is 0.316. The van der Waals surface area contributed by atoms with Gasteiger partial charge in [0.2, 0.25) is 0 Å². The topological polar surface area (TPSA) is 170 Å². The normalized spacial score (nSPS) is 11.3. The zero-order valence-corrected chi connectivity index (χ0v) is 19.8. The first kappa shape index (κ1) is 23.8. The van der Waals surface area contributed by atoms with Gasteiger partial charge in [0.25, 0.3) is 20.0 Å². The van der Waals surface area contributed by atoms with Gasteiger partial charge in [-0.3, -0.25) is 9.44 Å². The molecule has 32 heavy (non-hydrogen) atoms. The molecule has 11 nitrogen and oxygen atoms in total. The maximum absolute atomic E-state index is 11.8. The van der Waals surface area contributed by atoms with Gasteiger partial charge in [-0.1, -0.05) is 11.6 Å². The monoisotopic (exact) mass is 531 g/mol. The molecular formula is C16H14ClN7O4S4. The molecule has 16 heteroatoms. The third-order valence-corrected chi connectivity index (χ3v) is 7.90. The Morgan fingerprint density at radius 2 is 1.25 bits per heavy atom. The number of hydrogen-bond donors (Lipinski definition) is 3. The lowest BCUT2D eigenvalue weighted by Gasteiger charge is -2.04. The Hall–Kier alpha value is -2.85. The van der Waals surface area contributed by atoms with E-state index in [9.17, 15) is 16.8 Å². The number of anilines is 3. The van der Waals surface area contributed by atoms with Crippen molar-refractivity contribution in [3.63, 3.8) is 0 Å². The van der Waals surface area contributed by atoms with E-state index in [4.69, 9.17) is 17.3 Å². The minimum absolute atomic E-state index is 0.0482. The van der Waals surface area contributed by atoms with Crippen molar-refractivity contribution in [2.75, 3.05) is 15.2 Å². The second kappa shape index (κ2) is 10.2. The van der Waals surface area contributed by atoms with Crippen LogP contribution in [0.15, 0.2) is 69.6 Å². The van der Waals surface area contributed by atoms with Gasteiger partial charge in [0.1, 0.15) is 20.8 Å². The first-order valence-electron chi connectivity index (χ1n) is 8.33. The lowest BCUT2D eigenvalue weighted by Crippen LogP contribution is -2.13. The standard InChI is InChI=1S/C8H6ClN3O2S2.C8H8N4O2S2/c2*9-7-2-1-6(5-11-7)16(13,14)12-8-10-3-4-15-8/h1-5H,(H,10,12);1-5H,(H2,9,11)(H,10,12). The predicted molar refractivity (Wildman–Crippen MR) is 124 cm³/mol. The van der Waals surface area contributed by atoms with Crippen LogP contribution in [0.3, 0.4) is 0 Å². The summed E-state index contributed by atoms with van der Waals surface area (Å²) >= 11 is 7.97. The Morgan fingerprint density at radius 3 is 1.62 bits per heavy atom. The molecule has 0 saturated heterocycles. The Kier molecular flexibility index (Phi) is 7.57. The van der Waals surface area contributed by atoms with Crippen molar-refractivity contribution in [3.05, 3.63) is 65.0 Å². The third kappa shape index (κ3) is 6.57. The number of aromatic nitrogens is 4. The van der Waals surface area contributed by atoms with E-state index in [-0.39, 0.29) is 20.8 Å². The van der Waals surface area contributed by atoms with E-state index < -0.39 is 20.0 Å². The molecule has 0 saturated carbocycles. The van der Waals surface area contributed by atoms with Crippen molar-refractivity contribution in [2.24, 2.45) is 0 Å². The molecule has 0 fully saturated rings. The fourth-order valence-corrected chi connectivity index (χ4v) is 5.55. The molecule has 0 aliphatic heterocycles. The van der Waals surface area contributed by atoms with Gasteiger partial charge >= 0.3 is 0 Å². The fraction of sp³-hybridized carbons (Fsp3) is 0. The van der Waals surface area contributed by atoms with Gasteiger partial charge in [0.15, 0.2) is 10.3 Å². The summed E-state index contributed by atoms with van der Waals surface area (Å²) in [7, 11) is -7.24. The van der Waals surface area contributed by atoms with Crippen LogP contribution in [-0.2, 0) is 20.0 Å². The van der Waals surface area contributed by atoms with Gasteiger partial charge in [0.05, 0.1) is 0 Å². The highest BCUT2D eigenvalue weighted by Crippen LogP contribution is 2.18. The number of halogens is 1. The van der Waals surface area contributed by atoms with Crippen molar-refractivity contribution >= 4 is 70.4 Å². The van der Waals surface area contributed by atoms with Gasteiger partial charge in [-0.25, -0.2) is 36.8 Å². The highest BCUT2D eigenvalue weighted by atomic mass is 35.5. The fourth-order valence-electron chi connectivity index (χ4n) is 1.97. The second-order valence-electron chi connectivity index (χ2n) is 5.62. The summed E-state index contributed by atoms with van der Waals surface area (Å²) in [5.74, 6) is 0.271. The number of nitrogens with zero attached hydrogens (tertiary/aromatic N) is 4. The number of nitrogens with one attached hydrogen (secondary N) is 2. The Balaban J connectivity index is 0.000000181. The maximum atomic E-state index is 11.8. The largest absolute Gasteiger partial charge is 0.384 e. The molecule has 4 N–H and O–H groups in total. The van der Waals surface area contributed by atoms with Gasteiger partial charge in [-0.05, 0) is 24.3 Å². The summed E-state index contributed by atoms with van der Waals surface area (Å²) in [6.45, 7) is 0. The van der Waals surface area contributed by atoms with Crippen LogP contribution in [-0.4, -0.2) is 36.8 Å². The van der Waals surface area contributed by atoms with E-state index in [1.54, 1.807) is 10.8 Å². The van der Waals surface area contributed by atoms with E-state index in [0.29, 0.717) is 10.3 Å². The molecular weight excluding hydrogens is 518 g/mol. The third-order valence-electron chi connectivity index (χ3n) is 3.39. The van der Waals surface area contributed by atoms with Crippen LogP contribution < -0.4 is 15.2 Å². The SMILES string of the molecule is Nc1ccc(S(=O)(=O)Nc2nccs2)cn1.O=S(=O)(Nc1nccs1)c1ccc(Cl)nc1. The zero-order valence-electron chi connectivity index (χ0n) is 15.8. The summed E-state index contributed by atoms with van der Waals surface area (Å²) < 4.78 is 51.8. The first-order chi connectivity index (χ1) is 15.2. The van der Waals surface area contributed by atoms with E-state index in [2.05, 4.69) is 29.4 Å². The molecule has 168 valence electrons. The van der Waals surface area contributed by atoms with E-state index >= 15 is 0 Å². The smallest absolute Gasteiger partial charge is 0.265 e. The van der Waals surface area contributed by atoms with Crippen molar-refractivity contribution in [2.45, 2.75) is 9.79 Å². The zero-order chi connectivity index (χ0) is 23.2. The Morgan fingerprint density at radius 1 is 0.750 bits per heavy atom. The molecule has 4 heterocycles. The summed E-state index contributed by atoms with van der Waals surface area (Å²) in [4.78, 5) is 15.2. The van der Waals surface area contributed by atoms with Crippen molar-refractivity contribution in [1.82, 2.24) is 19.9 Å². The van der Waals surface area contributed by atoms with Crippen LogP contribution in [0.5, 0.6) is 0 Å². The summed E-state index contributed by atoms with van der Waals surface area (Å²) in [6.07, 6.45) is 5.43. The number of nitrogens with two attached hydrogens (primary N) is 1. The molecule has 0 aliphatic carbocycles. The minimum atomic E-state index is -3.62. The Labute approximate surface area is 196 Å². The van der Waals surface area contributed by atoms with E-state index in [1.807, 2.05) is 0 Å². The van der Waals surface area contributed by atoms with Gasteiger partial charge in [-0.2, -0.15) is 0 Å². The van der Waals surface area contributed by atoms with Crippen molar-refractivity contribution < 1.29 is 16.8 Å². The summed E-state index contributed by atoms with van der Waals surface area (Å²) in [6, 6.07) is 5.61. The molecule has 0 unspecified atom stereocenters. The van der Waals surface area contributed by atoms with Crippen LogP contribution >= 0.6 is 34.3 Å². The molecule has 0 bridgehead atoms. The predicted octanol–water partition coefficient (Wildman–Crippen LogP) is 2.91. The van der Waals surface area contributed by atoms with Crippen molar-refractivity contribution in [1.29, 1.82) is 0 Å². The molecule has 0 aromatic carbocycles. The van der Waals surface area contributed by atoms with Crippen molar-refractivity contribution in [3.8, 4) is 0 Å². The number of nitrogen functional groups attached to an aromatic ring is 1. The number of pyridine rings is 2. The summed E-state index contributed by atoms with van der Waals surface area (Å²) in [5, 5.41) is 4.23. The van der Waals surface area contributed by atoms with Crippen LogP contribution in [0.4, 0.5) is 16.1 Å². The first-order valence-corrected chi connectivity index (χ1v) is 13.4. The van der Waals surface area contributed by atoms with Crippen LogP contribution in [0, 0.1) is 0 Å². The van der Waals surface area contributed by atoms with Crippen LogP contribution in [0.2, 0.25) is 5.15 Å². The van der Waals surface area contributed by atoms with Gasteiger partial charge in [0, 0.05) is 35.5 Å². The molecule has 4 aromatic rings. The second-order valence-corrected chi connectivity index (χ2v) is 11.2. The number of thiazole rings is 2. The molecule has 0 aliphatic rings. The molecule has 0 radical (unpaired) electrons. The van der Waals surface area contributed by atoms with E-state index in [0.717, 1.165) is 0 Å². The number of hydrogen-bond acceptors (Lipinski definition) is 11. The molecule has 0 spiro atoms. The average molecular weight is 532 g/mol. The van der Waals surface area contributed by atoms with E-state index in [1.165, 1.54) is 71.7 Å². The highest BCUT2D eigenvalue weighted by molar-refractivity contribution is 7.93. The molecule has 4 rings (SSSR count). The lowest BCUT2D eigenvalue weighted by atomic mass is 10.5. The molecule has 0 amide bonds. The minimum Gasteiger partial charge on any atom is -0.384 e. The average Bonchev–Trinajstić information content (AvgIpc) is 3.43. The van der Waals surface area contributed by atoms with Crippen LogP contribution in [0.25, 0.3) is 0 Å². The Bertz CT molecular complexity index is 1240. The number of rotatable bonds is 6. The highest BCUT2D eigenvalue weighted by Gasteiger charge is 2.16. The molecule has 0 atom stereocenters. The number of sulfonamides is 2. The lowest BCUT2D eigenvalue weighted by molar-refractivity contribution is 0.599. The van der Waals surface area contributed by atoms with Gasteiger partial charge < -0.3 is 5.73 Å². The summed E-state index contributed by atoms with van der Waals surface area (Å²) in [5.41, 5.74) is 5.37. The van der Waals surface area contributed by atoms with Gasteiger partial charge in [-0.15, -0.1) is 22.7 Å². The molecule has 4 aromatic heterocycles. The maximum Gasteiger partial charge on any atom is 0.265 e.